The van der Waals surface area contributed by atoms with Gasteiger partial charge in [-0.15, -0.1) is 0 Å². The van der Waals surface area contributed by atoms with E-state index < -0.39 is 0 Å². The fraction of sp³-hybridized carbons (Fsp3) is 0.278. The highest BCUT2D eigenvalue weighted by atomic mass is 16.5. The molecule has 0 bridgehead atoms. The van der Waals surface area contributed by atoms with Crippen molar-refractivity contribution >= 4 is 23.3 Å². The van der Waals surface area contributed by atoms with E-state index in [0.29, 0.717) is 29.3 Å². The van der Waals surface area contributed by atoms with E-state index >= 15 is 0 Å². The molecule has 1 aliphatic heterocycles. The maximum absolute atomic E-state index is 12.3. The third-order valence-corrected chi connectivity index (χ3v) is 3.99. The predicted molar refractivity (Wildman–Crippen MR) is 89.5 cm³/mol. The smallest absolute Gasteiger partial charge is 0.264 e. The lowest BCUT2D eigenvalue weighted by Gasteiger charge is -2.26. The number of hydrogen-bond donors (Lipinski definition) is 1. The van der Waals surface area contributed by atoms with Crippen molar-refractivity contribution in [3.05, 3.63) is 47.9 Å². The van der Waals surface area contributed by atoms with Crippen LogP contribution in [0.15, 0.2) is 41.0 Å². The Hall–Kier alpha value is -3.09. The lowest BCUT2D eigenvalue weighted by molar-refractivity contribution is -0.121. The molecule has 7 nitrogen and oxygen atoms in total. The van der Waals surface area contributed by atoms with Crippen molar-refractivity contribution < 1.29 is 23.5 Å². The number of rotatable bonds is 6. The fourth-order valence-corrected chi connectivity index (χ4v) is 2.50. The first-order valence-electron chi connectivity index (χ1n) is 7.90. The number of ether oxygens (including phenoxy) is 1. The normalized spacial score (nSPS) is 13.2. The van der Waals surface area contributed by atoms with Crippen molar-refractivity contribution in [1.82, 2.24) is 5.32 Å². The molecule has 0 aliphatic carbocycles. The van der Waals surface area contributed by atoms with Crippen LogP contribution in [-0.4, -0.2) is 31.3 Å². The van der Waals surface area contributed by atoms with E-state index in [0.717, 1.165) is 0 Å². The second-order valence-corrected chi connectivity index (χ2v) is 5.70. The molecule has 3 rings (SSSR count). The molecular formula is C18H18N2O5. The lowest BCUT2D eigenvalue weighted by atomic mass is 10.0. The van der Waals surface area contributed by atoms with Crippen molar-refractivity contribution in [2.24, 2.45) is 0 Å². The summed E-state index contributed by atoms with van der Waals surface area (Å²) < 4.78 is 10.5. The molecule has 0 unspecified atom stereocenters. The number of furan rings is 1. The third-order valence-electron chi connectivity index (χ3n) is 3.99. The van der Waals surface area contributed by atoms with Crippen molar-refractivity contribution in [2.75, 3.05) is 18.6 Å². The van der Waals surface area contributed by atoms with Gasteiger partial charge in [-0.3, -0.25) is 14.4 Å². The Morgan fingerprint density at radius 1 is 1.24 bits per heavy atom. The van der Waals surface area contributed by atoms with Crippen LogP contribution in [0, 0.1) is 0 Å². The Labute approximate surface area is 144 Å². The molecule has 2 aromatic rings. The number of benzene rings is 1. The second kappa shape index (κ2) is 7.21. The SMILES string of the molecule is CN1C(=O)COc2ccc(C(=O)CCC(=O)NCc3ccco3)cc21. The van der Waals surface area contributed by atoms with Crippen molar-refractivity contribution in [2.45, 2.75) is 19.4 Å². The van der Waals surface area contributed by atoms with E-state index in [1.807, 2.05) is 0 Å². The van der Waals surface area contributed by atoms with Crippen molar-refractivity contribution in [1.29, 1.82) is 0 Å². The van der Waals surface area contributed by atoms with E-state index in [1.165, 1.54) is 11.2 Å². The van der Waals surface area contributed by atoms with Gasteiger partial charge in [0.1, 0.15) is 11.5 Å². The Balaban J connectivity index is 1.56. The minimum Gasteiger partial charge on any atom is -0.482 e. The molecule has 2 heterocycles. The number of nitrogens with one attached hydrogen (secondary N) is 1. The third kappa shape index (κ3) is 3.88. The summed E-state index contributed by atoms with van der Waals surface area (Å²) in [7, 11) is 1.64. The predicted octanol–water partition coefficient (Wildman–Crippen LogP) is 1.91. The molecule has 1 aromatic heterocycles. The number of Topliss-reactive ketones (excluding diaryl/α,β-unsaturated/α-hetero) is 1. The first kappa shape index (κ1) is 16.8. The number of fused-ring (bicyclic) bond motifs is 1. The zero-order chi connectivity index (χ0) is 17.8. The van der Waals surface area contributed by atoms with Gasteiger partial charge < -0.3 is 19.4 Å². The molecule has 0 atom stereocenters. The van der Waals surface area contributed by atoms with Gasteiger partial charge in [-0.25, -0.2) is 0 Å². The Morgan fingerprint density at radius 2 is 2.08 bits per heavy atom. The number of carbonyl (C=O) groups is 3. The van der Waals surface area contributed by atoms with Crippen LogP contribution in [0.5, 0.6) is 5.75 Å². The van der Waals surface area contributed by atoms with E-state index in [-0.39, 0.29) is 37.0 Å². The highest BCUT2D eigenvalue weighted by Crippen LogP contribution is 2.32. The standard InChI is InChI=1S/C18H18N2O5/c1-20-14-9-12(4-6-16(14)25-11-18(20)23)15(21)5-7-17(22)19-10-13-3-2-8-24-13/h2-4,6,8-9H,5,7,10-11H2,1H3,(H,19,22). The van der Waals surface area contributed by atoms with Crippen LogP contribution in [0.3, 0.4) is 0 Å². The van der Waals surface area contributed by atoms with Gasteiger partial charge in [0.2, 0.25) is 5.91 Å². The number of hydrogen-bond acceptors (Lipinski definition) is 5. The van der Waals surface area contributed by atoms with Crippen LogP contribution in [0.25, 0.3) is 0 Å². The van der Waals surface area contributed by atoms with E-state index in [1.54, 1.807) is 37.4 Å². The molecule has 1 N–H and O–H groups in total. The zero-order valence-corrected chi connectivity index (χ0v) is 13.8. The van der Waals surface area contributed by atoms with Gasteiger partial charge in [-0.1, -0.05) is 0 Å². The maximum atomic E-state index is 12.3. The molecule has 25 heavy (non-hydrogen) atoms. The second-order valence-electron chi connectivity index (χ2n) is 5.70. The number of carbonyl (C=O) groups excluding carboxylic acids is 3. The average molecular weight is 342 g/mol. The van der Waals surface area contributed by atoms with Gasteiger partial charge in [0.25, 0.3) is 5.91 Å². The minimum absolute atomic E-state index is 0.00731. The monoisotopic (exact) mass is 342 g/mol. The Morgan fingerprint density at radius 3 is 2.84 bits per heavy atom. The van der Waals surface area contributed by atoms with E-state index in [9.17, 15) is 14.4 Å². The number of amides is 2. The summed E-state index contributed by atoms with van der Waals surface area (Å²) in [5.74, 6) is 0.659. The first-order chi connectivity index (χ1) is 12.0. The van der Waals surface area contributed by atoms with Gasteiger partial charge in [-0.05, 0) is 30.3 Å². The highest BCUT2D eigenvalue weighted by Gasteiger charge is 2.23. The molecule has 0 radical (unpaired) electrons. The van der Waals surface area contributed by atoms with Crippen LogP contribution in [0.2, 0.25) is 0 Å². The molecule has 1 aliphatic rings. The van der Waals surface area contributed by atoms with Crippen LogP contribution < -0.4 is 15.0 Å². The Bertz CT molecular complexity index is 798. The van der Waals surface area contributed by atoms with Crippen LogP contribution in [0.4, 0.5) is 5.69 Å². The summed E-state index contributed by atoms with van der Waals surface area (Å²) in [6.45, 7) is 0.287. The van der Waals surface area contributed by atoms with Crippen molar-refractivity contribution in [3.8, 4) is 5.75 Å². The molecule has 0 saturated heterocycles. The summed E-state index contributed by atoms with van der Waals surface area (Å²) in [5, 5.41) is 2.70. The largest absolute Gasteiger partial charge is 0.482 e. The molecule has 0 spiro atoms. The van der Waals surface area contributed by atoms with Gasteiger partial charge in [0.05, 0.1) is 18.5 Å². The first-order valence-corrected chi connectivity index (χ1v) is 7.90. The maximum Gasteiger partial charge on any atom is 0.264 e. The average Bonchev–Trinajstić information content (AvgIpc) is 3.14. The van der Waals surface area contributed by atoms with Crippen LogP contribution >= 0.6 is 0 Å². The summed E-state index contributed by atoms with van der Waals surface area (Å²) in [4.78, 5) is 37.3. The molecule has 7 heteroatoms. The van der Waals surface area contributed by atoms with Gasteiger partial charge >= 0.3 is 0 Å². The molecule has 2 amide bonds. The molecule has 1 aromatic carbocycles. The number of likely N-dealkylation sites (N-methyl/N-ethyl adjacent to an activating group) is 1. The van der Waals surface area contributed by atoms with Crippen molar-refractivity contribution in [3.63, 3.8) is 0 Å². The summed E-state index contributed by atoms with van der Waals surface area (Å²) in [6.07, 6.45) is 1.70. The molecule has 0 fully saturated rings. The summed E-state index contributed by atoms with van der Waals surface area (Å²) in [6, 6.07) is 8.44. The zero-order valence-electron chi connectivity index (χ0n) is 13.8. The lowest BCUT2D eigenvalue weighted by Crippen LogP contribution is -2.35. The Kier molecular flexibility index (Phi) is 4.83. The van der Waals surface area contributed by atoms with Gasteiger partial charge in [0.15, 0.2) is 12.4 Å². The van der Waals surface area contributed by atoms with E-state index in [4.69, 9.17) is 9.15 Å². The van der Waals surface area contributed by atoms with Gasteiger partial charge in [-0.2, -0.15) is 0 Å². The number of anilines is 1. The summed E-state index contributed by atoms with van der Waals surface area (Å²) >= 11 is 0. The van der Waals surface area contributed by atoms with Crippen LogP contribution in [0.1, 0.15) is 29.0 Å². The number of nitrogens with zero attached hydrogens (tertiary/aromatic N) is 1. The highest BCUT2D eigenvalue weighted by molar-refractivity contribution is 6.02. The van der Waals surface area contributed by atoms with Crippen LogP contribution in [-0.2, 0) is 16.1 Å². The minimum atomic E-state index is -0.224. The van der Waals surface area contributed by atoms with Gasteiger partial charge in [0, 0.05) is 25.5 Å². The summed E-state index contributed by atoms with van der Waals surface area (Å²) in [5.41, 5.74) is 1.01. The number of ketones is 1. The van der Waals surface area contributed by atoms with E-state index in [2.05, 4.69) is 5.32 Å². The molecular weight excluding hydrogens is 324 g/mol. The fourth-order valence-electron chi connectivity index (χ4n) is 2.50. The molecule has 130 valence electrons. The quantitative estimate of drug-likeness (QED) is 0.810. The molecule has 0 saturated carbocycles. The topological polar surface area (TPSA) is 88.8 Å².